The number of nitrogens with two attached hydrogens (primary N) is 1. The van der Waals surface area contributed by atoms with E-state index in [9.17, 15) is 0 Å². The van der Waals surface area contributed by atoms with Crippen LogP contribution in [0.4, 0.5) is 0 Å². The molecule has 0 spiro atoms. The summed E-state index contributed by atoms with van der Waals surface area (Å²) in [6.07, 6.45) is 0. The smallest absolute Gasteiger partial charge is 0.151 e. The molecule has 4 nitrogen and oxygen atoms in total. The van der Waals surface area contributed by atoms with E-state index in [1.54, 1.807) is 0 Å². The highest BCUT2D eigenvalue weighted by atomic mass is 16.5. The number of benzene rings is 1. The Bertz CT molecular complexity index is 507. The molecule has 0 unspecified atom stereocenters. The van der Waals surface area contributed by atoms with Crippen molar-refractivity contribution in [3.05, 3.63) is 52.9 Å². The van der Waals surface area contributed by atoms with Crippen molar-refractivity contribution in [2.75, 3.05) is 7.05 Å². The number of hydrogen-bond acceptors (Lipinski definition) is 4. The quantitative estimate of drug-likeness (QED) is 0.876. The summed E-state index contributed by atoms with van der Waals surface area (Å²) in [5.41, 5.74) is 8.88. The molecule has 0 saturated carbocycles. The molecule has 2 rings (SSSR count). The molecule has 18 heavy (non-hydrogen) atoms. The molecule has 1 aromatic heterocycles. The van der Waals surface area contributed by atoms with E-state index in [0.29, 0.717) is 6.54 Å². The molecule has 1 heterocycles. The fraction of sp³-hybridized carbons (Fsp3) is 0.357. The van der Waals surface area contributed by atoms with Crippen LogP contribution in [0.3, 0.4) is 0 Å². The molecule has 0 atom stereocenters. The van der Waals surface area contributed by atoms with Crippen molar-refractivity contribution in [1.82, 2.24) is 10.1 Å². The minimum absolute atomic E-state index is 0.422. The molecule has 0 aliphatic carbocycles. The standard InChI is InChI=1S/C14H19N3O/c1-11-4-3-5-12(6-11)9-17(2)10-14-7-13(8-15)16-18-14/h3-7H,8-10,15H2,1-2H3. The van der Waals surface area contributed by atoms with Gasteiger partial charge in [0.05, 0.1) is 12.2 Å². The van der Waals surface area contributed by atoms with E-state index >= 15 is 0 Å². The van der Waals surface area contributed by atoms with Gasteiger partial charge in [0, 0.05) is 19.2 Å². The number of rotatable bonds is 5. The van der Waals surface area contributed by atoms with Crippen LogP contribution in [0.15, 0.2) is 34.9 Å². The second kappa shape index (κ2) is 5.80. The summed E-state index contributed by atoms with van der Waals surface area (Å²) in [7, 11) is 2.06. The first-order valence-corrected chi connectivity index (χ1v) is 6.06. The van der Waals surface area contributed by atoms with Crippen molar-refractivity contribution in [2.24, 2.45) is 5.73 Å². The molecule has 0 saturated heterocycles. The van der Waals surface area contributed by atoms with Crippen LogP contribution in [0.2, 0.25) is 0 Å². The van der Waals surface area contributed by atoms with Gasteiger partial charge in [-0.1, -0.05) is 35.0 Å². The van der Waals surface area contributed by atoms with Crippen LogP contribution in [0.5, 0.6) is 0 Å². The van der Waals surface area contributed by atoms with Crippen molar-refractivity contribution in [1.29, 1.82) is 0 Å². The highest BCUT2D eigenvalue weighted by molar-refractivity contribution is 5.22. The zero-order chi connectivity index (χ0) is 13.0. The number of nitrogens with zero attached hydrogens (tertiary/aromatic N) is 2. The number of hydrogen-bond donors (Lipinski definition) is 1. The summed E-state index contributed by atoms with van der Waals surface area (Å²) in [6.45, 7) is 4.15. The summed E-state index contributed by atoms with van der Waals surface area (Å²) in [5, 5.41) is 3.88. The second-order valence-electron chi connectivity index (χ2n) is 4.65. The fourth-order valence-electron chi connectivity index (χ4n) is 1.97. The fourth-order valence-corrected chi connectivity index (χ4v) is 1.97. The molecule has 0 bridgehead atoms. The van der Waals surface area contributed by atoms with Gasteiger partial charge < -0.3 is 10.3 Å². The van der Waals surface area contributed by atoms with E-state index < -0.39 is 0 Å². The average Bonchev–Trinajstić information content (AvgIpc) is 2.76. The SMILES string of the molecule is Cc1cccc(CN(C)Cc2cc(CN)no2)c1. The van der Waals surface area contributed by atoms with Crippen LogP contribution in [-0.2, 0) is 19.6 Å². The monoisotopic (exact) mass is 245 g/mol. The topological polar surface area (TPSA) is 55.3 Å². The minimum atomic E-state index is 0.422. The molecule has 0 fully saturated rings. The van der Waals surface area contributed by atoms with Gasteiger partial charge in [-0.3, -0.25) is 4.90 Å². The van der Waals surface area contributed by atoms with Crippen LogP contribution < -0.4 is 5.73 Å². The van der Waals surface area contributed by atoms with E-state index in [0.717, 1.165) is 24.5 Å². The molecule has 0 aliphatic rings. The zero-order valence-electron chi connectivity index (χ0n) is 10.9. The molecule has 4 heteroatoms. The third-order valence-corrected chi connectivity index (χ3v) is 2.78. The number of aryl methyl sites for hydroxylation is 1. The third kappa shape index (κ3) is 3.42. The molecule has 0 amide bonds. The van der Waals surface area contributed by atoms with Crippen LogP contribution in [0, 0.1) is 6.92 Å². The lowest BCUT2D eigenvalue weighted by molar-refractivity contribution is 0.265. The summed E-state index contributed by atoms with van der Waals surface area (Å²) in [6, 6.07) is 10.4. The Labute approximate surface area is 107 Å². The summed E-state index contributed by atoms with van der Waals surface area (Å²) in [5.74, 6) is 0.852. The van der Waals surface area contributed by atoms with E-state index in [2.05, 4.69) is 48.3 Å². The van der Waals surface area contributed by atoms with Gasteiger partial charge in [0.1, 0.15) is 0 Å². The Morgan fingerprint density at radius 1 is 1.28 bits per heavy atom. The molecule has 96 valence electrons. The first kappa shape index (κ1) is 12.8. The van der Waals surface area contributed by atoms with Gasteiger partial charge in [-0.2, -0.15) is 0 Å². The molecule has 2 N–H and O–H groups in total. The predicted molar refractivity (Wildman–Crippen MR) is 70.7 cm³/mol. The van der Waals surface area contributed by atoms with Crippen molar-refractivity contribution in [3.63, 3.8) is 0 Å². The van der Waals surface area contributed by atoms with Crippen LogP contribution in [0.25, 0.3) is 0 Å². The zero-order valence-corrected chi connectivity index (χ0v) is 10.9. The summed E-state index contributed by atoms with van der Waals surface area (Å²) in [4.78, 5) is 2.19. The van der Waals surface area contributed by atoms with Crippen molar-refractivity contribution >= 4 is 0 Å². The van der Waals surface area contributed by atoms with Gasteiger partial charge in [-0.25, -0.2) is 0 Å². The van der Waals surface area contributed by atoms with Gasteiger partial charge in [-0.05, 0) is 19.5 Å². The molecule has 0 aliphatic heterocycles. The maximum Gasteiger partial charge on any atom is 0.151 e. The Morgan fingerprint density at radius 3 is 2.78 bits per heavy atom. The Kier molecular flexibility index (Phi) is 4.12. The lowest BCUT2D eigenvalue weighted by Crippen LogP contribution is -2.16. The minimum Gasteiger partial charge on any atom is -0.360 e. The van der Waals surface area contributed by atoms with Crippen molar-refractivity contribution in [2.45, 2.75) is 26.6 Å². The number of aromatic nitrogens is 1. The van der Waals surface area contributed by atoms with Gasteiger partial charge >= 0.3 is 0 Å². The van der Waals surface area contributed by atoms with Gasteiger partial charge in [-0.15, -0.1) is 0 Å². The Hall–Kier alpha value is -1.65. The third-order valence-electron chi connectivity index (χ3n) is 2.78. The molecular formula is C14H19N3O. The largest absolute Gasteiger partial charge is 0.360 e. The van der Waals surface area contributed by atoms with Crippen LogP contribution >= 0.6 is 0 Å². The van der Waals surface area contributed by atoms with Crippen molar-refractivity contribution < 1.29 is 4.52 Å². The van der Waals surface area contributed by atoms with E-state index in [-0.39, 0.29) is 0 Å². The van der Waals surface area contributed by atoms with Gasteiger partial charge in [0.15, 0.2) is 5.76 Å². The normalized spacial score (nSPS) is 11.1. The maximum absolute atomic E-state index is 5.50. The second-order valence-corrected chi connectivity index (χ2v) is 4.65. The molecule has 0 radical (unpaired) electrons. The van der Waals surface area contributed by atoms with Crippen molar-refractivity contribution in [3.8, 4) is 0 Å². The molecule has 1 aromatic carbocycles. The maximum atomic E-state index is 5.50. The van der Waals surface area contributed by atoms with Gasteiger partial charge in [0.25, 0.3) is 0 Å². The van der Waals surface area contributed by atoms with E-state index in [1.807, 2.05) is 6.07 Å². The predicted octanol–water partition coefficient (Wildman–Crippen LogP) is 2.07. The molecule has 2 aromatic rings. The van der Waals surface area contributed by atoms with E-state index in [1.165, 1.54) is 11.1 Å². The highest BCUT2D eigenvalue weighted by Gasteiger charge is 2.07. The Balaban J connectivity index is 1.94. The molecular weight excluding hydrogens is 226 g/mol. The van der Waals surface area contributed by atoms with Gasteiger partial charge in [0.2, 0.25) is 0 Å². The highest BCUT2D eigenvalue weighted by Crippen LogP contribution is 2.10. The van der Waals surface area contributed by atoms with Crippen LogP contribution in [0.1, 0.15) is 22.6 Å². The average molecular weight is 245 g/mol. The Morgan fingerprint density at radius 2 is 2.11 bits per heavy atom. The lowest BCUT2D eigenvalue weighted by atomic mass is 10.1. The summed E-state index contributed by atoms with van der Waals surface area (Å²) < 4.78 is 5.22. The first-order chi connectivity index (χ1) is 8.67. The van der Waals surface area contributed by atoms with E-state index in [4.69, 9.17) is 10.3 Å². The summed E-state index contributed by atoms with van der Waals surface area (Å²) >= 11 is 0. The lowest BCUT2D eigenvalue weighted by Gasteiger charge is -2.14. The first-order valence-electron chi connectivity index (χ1n) is 6.06. The van der Waals surface area contributed by atoms with Crippen LogP contribution in [-0.4, -0.2) is 17.1 Å².